The molecule has 0 radical (unpaired) electrons. The smallest absolute Gasteiger partial charge is 0.328 e. The van der Waals surface area contributed by atoms with Crippen molar-refractivity contribution in [3.63, 3.8) is 0 Å². The Balaban J connectivity index is 2.71. The lowest BCUT2D eigenvalue weighted by atomic mass is 10.1. The quantitative estimate of drug-likeness (QED) is 0.810. The summed E-state index contributed by atoms with van der Waals surface area (Å²) in [4.78, 5) is 23.8. The Kier molecular flexibility index (Phi) is 6.15. The summed E-state index contributed by atoms with van der Waals surface area (Å²) >= 11 is 1.50. The molecular weight excluding hydrogens is 262 g/mol. The number of nitrogens with zero attached hydrogens (tertiary/aromatic N) is 1. The highest BCUT2D eigenvalue weighted by Gasteiger charge is 2.08. The standard InChI is InChI=1S/C14H17NO3S/c1-15(13(16)10-19-2)9-12-5-3-4-11(8-12)6-7-14(17)18/h3-8H,9-10H2,1-2H3,(H,17,18). The molecule has 0 spiro atoms. The molecule has 5 heteroatoms. The van der Waals surface area contributed by atoms with Crippen LogP contribution in [0.2, 0.25) is 0 Å². The zero-order valence-electron chi connectivity index (χ0n) is 11.0. The van der Waals surface area contributed by atoms with E-state index in [9.17, 15) is 9.59 Å². The van der Waals surface area contributed by atoms with E-state index >= 15 is 0 Å². The summed E-state index contributed by atoms with van der Waals surface area (Å²) in [6.45, 7) is 0.522. The number of hydrogen-bond donors (Lipinski definition) is 1. The molecule has 4 nitrogen and oxygen atoms in total. The molecule has 1 aromatic rings. The fourth-order valence-corrected chi connectivity index (χ4v) is 2.03. The molecular formula is C14H17NO3S. The van der Waals surface area contributed by atoms with Crippen molar-refractivity contribution in [2.24, 2.45) is 0 Å². The third-order valence-electron chi connectivity index (χ3n) is 2.48. The zero-order valence-corrected chi connectivity index (χ0v) is 11.8. The minimum absolute atomic E-state index is 0.0824. The van der Waals surface area contributed by atoms with Crippen LogP contribution in [0.15, 0.2) is 30.3 Å². The van der Waals surface area contributed by atoms with Crippen LogP contribution in [0.5, 0.6) is 0 Å². The number of carboxylic acids is 1. The molecule has 1 N–H and O–H groups in total. The van der Waals surface area contributed by atoms with Crippen LogP contribution in [0.3, 0.4) is 0 Å². The largest absolute Gasteiger partial charge is 0.478 e. The van der Waals surface area contributed by atoms with E-state index in [0.717, 1.165) is 17.2 Å². The average molecular weight is 279 g/mol. The van der Waals surface area contributed by atoms with Crippen molar-refractivity contribution < 1.29 is 14.7 Å². The molecule has 0 aliphatic carbocycles. The van der Waals surface area contributed by atoms with Crippen LogP contribution >= 0.6 is 11.8 Å². The van der Waals surface area contributed by atoms with E-state index < -0.39 is 5.97 Å². The van der Waals surface area contributed by atoms with Gasteiger partial charge in [-0.15, -0.1) is 0 Å². The van der Waals surface area contributed by atoms with Crippen molar-refractivity contribution in [3.05, 3.63) is 41.5 Å². The Morgan fingerprint density at radius 2 is 2.16 bits per heavy atom. The van der Waals surface area contributed by atoms with Crippen LogP contribution in [-0.4, -0.2) is 40.9 Å². The topological polar surface area (TPSA) is 57.6 Å². The predicted octanol–water partition coefficient (Wildman–Crippen LogP) is 2.11. The average Bonchev–Trinajstić information content (AvgIpc) is 2.37. The van der Waals surface area contributed by atoms with E-state index in [1.807, 2.05) is 30.5 Å². The lowest BCUT2D eigenvalue weighted by molar-refractivity contribution is -0.131. The Morgan fingerprint density at radius 3 is 2.79 bits per heavy atom. The highest BCUT2D eigenvalue weighted by atomic mass is 32.2. The first-order valence-corrected chi connectivity index (χ1v) is 7.15. The van der Waals surface area contributed by atoms with Crippen molar-refractivity contribution in [1.82, 2.24) is 4.90 Å². The van der Waals surface area contributed by atoms with Crippen molar-refractivity contribution in [2.45, 2.75) is 6.54 Å². The van der Waals surface area contributed by atoms with Crippen LogP contribution < -0.4 is 0 Å². The summed E-state index contributed by atoms with van der Waals surface area (Å²) in [5, 5.41) is 8.58. The van der Waals surface area contributed by atoms with Gasteiger partial charge in [0.15, 0.2) is 0 Å². The molecule has 0 aliphatic heterocycles. The maximum atomic E-state index is 11.7. The summed E-state index contributed by atoms with van der Waals surface area (Å²) in [7, 11) is 1.76. The molecule has 0 aromatic heterocycles. The van der Waals surface area contributed by atoms with Crippen LogP contribution in [0.1, 0.15) is 11.1 Å². The van der Waals surface area contributed by atoms with Crippen LogP contribution in [0.4, 0.5) is 0 Å². The molecule has 1 aromatic carbocycles. The summed E-state index contributed by atoms with van der Waals surface area (Å²) in [6, 6.07) is 7.47. The van der Waals surface area contributed by atoms with Crippen LogP contribution in [0.25, 0.3) is 6.08 Å². The van der Waals surface area contributed by atoms with Gasteiger partial charge in [-0.25, -0.2) is 4.79 Å². The molecule has 0 saturated carbocycles. The molecule has 0 saturated heterocycles. The molecule has 0 atom stereocenters. The minimum atomic E-state index is -0.974. The number of thioether (sulfide) groups is 1. The summed E-state index contributed by atoms with van der Waals surface area (Å²) < 4.78 is 0. The molecule has 19 heavy (non-hydrogen) atoms. The molecule has 0 aliphatic rings. The number of carbonyl (C=O) groups is 2. The highest BCUT2D eigenvalue weighted by Crippen LogP contribution is 2.10. The third kappa shape index (κ3) is 5.61. The third-order valence-corrected chi connectivity index (χ3v) is 3.02. The van der Waals surface area contributed by atoms with Gasteiger partial charge in [0.1, 0.15) is 0 Å². The SMILES string of the molecule is CSCC(=O)N(C)Cc1cccc(C=CC(=O)O)c1. The first kappa shape index (κ1) is 15.3. The first-order chi connectivity index (χ1) is 9.02. The lowest BCUT2D eigenvalue weighted by Crippen LogP contribution is -2.27. The fourth-order valence-electron chi connectivity index (χ4n) is 1.56. The Morgan fingerprint density at radius 1 is 1.42 bits per heavy atom. The molecule has 1 rings (SSSR count). The predicted molar refractivity (Wildman–Crippen MR) is 78.0 cm³/mol. The summed E-state index contributed by atoms with van der Waals surface area (Å²) in [5.41, 5.74) is 1.79. The van der Waals surface area contributed by atoms with Gasteiger partial charge in [-0.05, 0) is 29.5 Å². The van der Waals surface area contributed by atoms with Gasteiger partial charge in [-0.1, -0.05) is 18.2 Å². The maximum Gasteiger partial charge on any atom is 0.328 e. The second kappa shape index (κ2) is 7.63. The second-order valence-electron chi connectivity index (χ2n) is 4.10. The zero-order chi connectivity index (χ0) is 14.3. The van der Waals surface area contributed by atoms with Gasteiger partial charge in [-0.2, -0.15) is 11.8 Å². The van der Waals surface area contributed by atoms with Gasteiger partial charge in [0.25, 0.3) is 0 Å². The number of carboxylic acid groups (broad SMARTS) is 1. The molecule has 0 heterocycles. The summed E-state index contributed by atoms with van der Waals surface area (Å²) in [5.74, 6) is -0.425. The van der Waals surface area contributed by atoms with E-state index in [2.05, 4.69) is 0 Å². The van der Waals surface area contributed by atoms with Gasteiger partial charge >= 0.3 is 5.97 Å². The number of rotatable bonds is 6. The molecule has 0 fully saturated rings. The van der Waals surface area contributed by atoms with Gasteiger partial charge < -0.3 is 10.0 Å². The minimum Gasteiger partial charge on any atom is -0.478 e. The molecule has 0 bridgehead atoms. The fraction of sp³-hybridized carbons (Fsp3) is 0.286. The Hall–Kier alpha value is -1.75. The monoisotopic (exact) mass is 279 g/mol. The molecule has 102 valence electrons. The Bertz CT molecular complexity index is 485. The summed E-state index contributed by atoms with van der Waals surface area (Å²) in [6.07, 6.45) is 4.53. The van der Waals surface area contributed by atoms with Gasteiger partial charge in [-0.3, -0.25) is 4.79 Å². The maximum absolute atomic E-state index is 11.7. The lowest BCUT2D eigenvalue weighted by Gasteiger charge is -2.16. The van der Waals surface area contributed by atoms with E-state index in [1.165, 1.54) is 17.8 Å². The first-order valence-electron chi connectivity index (χ1n) is 5.75. The van der Waals surface area contributed by atoms with Gasteiger partial charge in [0, 0.05) is 19.7 Å². The molecule has 1 amide bonds. The number of aliphatic carboxylic acids is 1. The van der Waals surface area contributed by atoms with Gasteiger partial charge in [0.05, 0.1) is 5.75 Å². The van der Waals surface area contributed by atoms with Gasteiger partial charge in [0.2, 0.25) is 5.91 Å². The van der Waals surface area contributed by atoms with E-state index in [0.29, 0.717) is 12.3 Å². The van der Waals surface area contributed by atoms with Crippen LogP contribution in [-0.2, 0) is 16.1 Å². The van der Waals surface area contributed by atoms with Crippen molar-refractivity contribution in [3.8, 4) is 0 Å². The number of hydrogen-bond acceptors (Lipinski definition) is 3. The highest BCUT2D eigenvalue weighted by molar-refractivity contribution is 7.99. The van der Waals surface area contributed by atoms with Crippen molar-refractivity contribution in [2.75, 3.05) is 19.1 Å². The Labute approximate surface area is 117 Å². The molecule has 0 unspecified atom stereocenters. The normalized spacial score (nSPS) is 10.6. The number of amides is 1. The van der Waals surface area contributed by atoms with Crippen molar-refractivity contribution in [1.29, 1.82) is 0 Å². The van der Waals surface area contributed by atoms with Crippen LogP contribution in [0, 0.1) is 0 Å². The second-order valence-corrected chi connectivity index (χ2v) is 4.97. The van der Waals surface area contributed by atoms with E-state index in [1.54, 1.807) is 11.9 Å². The van der Waals surface area contributed by atoms with Crippen molar-refractivity contribution >= 4 is 29.7 Å². The number of carbonyl (C=O) groups excluding carboxylic acids is 1. The van der Waals surface area contributed by atoms with E-state index in [-0.39, 0.29) is 5.91 Å². The van der Waals surface area contributed by atoms with E-state index in [4.69, 9.17) is 5.11 Å². The number of benzene rings is 1.